The summed E-state index contributed by atoms with van der Waals surface area (Å²) in [6.45, 7) is 8.85. The minimum absolute atomic E-state index is 0.0985. The zero-order chi connectivity index (χ0) is 16.5. The number of morpholine rings is 1. The van der Waals surface area contributed by atoms with Crippen LogP contribution in [0, 0.1) is 5.92 Å². The van der Waals surface area contributed by atoms with Crippen molar-refractivity contribution in [2.45, 2.75) is 32.9 Å². The van der Waals surface area contributed by atoms with E-state index in [4.69, 9.17) is 9.47 Å². The van der Waals surface area contributed by atoms with Crippen molar-refractivity contribution in [1.82, 2.24) is 10.2 Å². The summed E-state index contributed by atoms with van der Waals surface area (Å²) >= 11 is 0. The van der Waals surface area contributed by atoms with Gasteiger partial charge in [-0.1, -0.05) is 50.6 Å². The number of carbonyl (C=O) groups excluding carboxylic acids is 1. The number of hydrogen-bond donors (Lipinski definition) is 1. The van der Waals surface area contributed by atoms with Gasteiger partial charge in [0.25, 0.3) is 0 Å². The van der Waals surface area contributed by atoms with E-state index in [1.807, 2.05) is 30.3 Å². The van der Waals surface area contributed by atoms with E-state index in [2.05, 4.69) is 24.1 Å². The van der Waals surface area contributed by atoms with Crippen molar-refractivity contribution < 1.29 is 14.3 Å². The standard InChI is InChI=1S/C18H28N2O3/c1-3-15(2)17(13-20-9-11-22-12-10-20)19-18(21)23-14-16-7-5-4-6-8-16/h4-8,15,17H,3,9-14H2,1-2H3,(H,19,21)/t15?,17-/m1/s1. The molecule has 0 bridgehead atoms. The summed E-state index contributed by atoms with van der Waals surface area (Å²) < 4.78 is 10.7. The maximum Gasteiger partial charge on any atom is 0.407 e. The van der Waals surface area contributed by atoms with Crippen molar-refractivity contribution in [2.24, 2.45) is 5.92 Å². The van der Waals surface area contributed by atoms with Gasteiger partial charge in [0.05, 0.1) is 13.2 Å². The molecule has 23 heavy (non-hydrogen) atoms. The quantitative estimate of drug-likeness (QED) is 0.839. The van der Waals surface area contributed by atoms with Gasteiger partial charge in [0.2, 0.25) is 0 Å². The van der Waals surface area contributed by atoms with Gasteiger partial charge in [-0.25, -0.2) is 4.79 Å². The van der Waals surface area contributed by atoms with Crippen molar-refractivity contribution in [1.29, 1.82) is 0 Å². The Balaban J connectivity index is 1.82. The lowest BCUT2D eigenvalue weighted by molar-refractivity contribution is 0.0298. The molecule has 1 aliphatic rings. The van der Waals surface area contributed by atoms with E-state index in [9.17, 15) is 4.79 Å². The molecular formula is C18H28N2O3. The monoisotopic (exact) mass is 320 g/mol. The van der Waals surface area contributed by atoms with Crippen LogP contribution in [0.25, 0.3) is 0 Å². The molecule has 0 aliphatic carbocycles. The maximum absolute atomic E-state index is 12.1. The number of nitrogens with one attached hydrogen (secondary N) is 1. The van der Waals surface area contributed by atoms with Crippen molar-refractivity contribution in [2.75, 3.05) is 32.8 Å². The van der Waals surface area contributed by atoms with Gasteiger partial charge in [-0.2, -0.15) is 0 Å². The molecule has 1 aromatic carbocycles. The highest BCUT2D eigenvalue weighted by molar-refractivity contribution is 5.67. The summed E-state index contributed by atoms with van der Waals surface area (Å²) in [7, 11) is 0. The van der Waals surface area contributed by atoms with Crippen LogP contribution in [0.2, 0.25) is 0 Å². The smallest absolute Gasteiger partial charge is 0.407 e. The summed E-state index contributed by atoms with van der Waals surface area (Å²) in [4.78, 5) is 14.5. The number of rotatable bonds is 7. The molecule has 1 N–H and O–H groups in total. The molecular weight excluding hydrogens is 292 g/mol. The highest BCUT2D eigenvalue weighted by Crippen LogP contribution is 2.11. The highest BCUT2D eigenvalue weighted by Gasteiger charge is 2.23. The lowest BCUT2D eigenvalue weighted by Crippen LogP contribution is -2.50. The maximum atomic E-state index is 12.1. The number of benzene rings is 1. The number of nitrogens with zero attached hydrogens (tertiary/aromatic N) is 1. The van der Waals surface area contributed by atoms with Crippen molar-refractivity contribution >= 4 is 6.09 Å². The first kappa shape index (κ1) is 17.8. The van der Waals surface area contributed by atoms with Crippen LogP contribution >= 0.6 is 0 Å². The summed E-state index contributed by atoms with van der Waals surface area (Å²) in [6.07, 6.45) is 0.681. The Kier molecular flexibility index (Phi) is 7.36. The Labute approximate surface area is 139 Å². The molecule has 0 spiro atoms. The van der Waals surface area contributed by atoms with Gasteiger partial charge in [-0.15, -0.1) is 0 Å². The average molecular weight is 320 g/mol. The van der Waals surface area contributed by atoms with Crippen molar-refractivity contribution in [3.63, 3.8) is 0 Å². The second kappa shape index (κ2) is 9.53. The Hall–Kier alpha value is -1.59. The summed E-state index contributed by atoms with van der Waals surface area (Å²) in [5, 5.41) is 3.04. The molecule has 2 atom stereocenters. The molecule has 1 saturated heterocycles. The molecule has 1 aromatic rings. The Morgan fingerprint density at radius 1 is 1.30 bits per heavy atom. The summed E-state index contributed by atoms with van der Waals surface area (Å²) in [6, 6.07) is 9.83. The van der Waals surface area contributed by atoms with E-state index < -0.39 is 0 Å². The van der Waals surface area contributed by atoms with Gasteiger partial charge < -0.3 is 14.8 Å². The van der Waals surface area contributed by atoms with Crippen LogP contribution < -0.4 is 5.32 Å². The third-order valence-electron chi connectivity index (χ3n) is 4.41. The molecule has 0 radical (unpaired) electrons. The van der Waals surface area contributed by atoms with E-state index in [-0.39, 0.29) is 12.1 Å². The normalized spacial score (nSPS) is 18.2. The molecule has 1 heterocycles. The number of hydrogen-bond acceptors (Lipinski definition) is 4. The fourth-order valence-electron chi connectivity index (χ4n) is 2.63. The molecule has 5 heteroatoms. The Morgan fingerprint density at radius 3 is 2.65 bits per heavy atom. The second-order valence-corrected chi connectivity index (χ2v) is 6.11. The average Bonchev–Trinajstić information content (AvgIpc) is 2.60. The second-order valence-electron chi connectivity index (χ2n) is 6.11. The van der Waals surface area contributed by atoms with Gasteiger partial charge in [-0.05, 0) is 11.5 Å². The van der Waals surface area contributed by atoms with Crippen LogP contribution in [0.15, 0.2) is 30.3 Å². The Morgan fingerprint density at radius 2 is 2.00 bits per heavy atom. The number of alkyl carbamates (subject to hydrolysis) is 1. The van der Waals surface area contributed by atoms with Crippen LogP contribution in [0.4, 0.5) is 4.79 Å². The fourth-order valence-corrected chi connectivity index (χ4v) is 2.63. The molecule has 2 rings (SSSR count). The molecule has 128 valence electrons. The number of ether oxygens (including phenoxy) is 2. The van der Waals surface area contributed by atoms with E-state index >= 15 is 0 Å². The first-order valence-electron chi connectivity index (χ1n) is 8.46. The molecule has 5 nitrogen and oxygen atoms in total. The zero-order valence-corrected chi connectivity index (χ0v) is 14.2. The molecule has 1 fully saturated rings. The lowest BCUT2D eigenvalue weighted by Gasteiger charge is -2.33. The molecule has 1 amide bonds. The minimum atomic E-state index is -0.340. The summed E-state index contributed by atoms with van der Waals surface area (Å²) in [5.74, 6) is 0.405. The molecule has 0 aromatic heterocycles. The van der Waals surface area contributed by atoms with E-state index in [1.165, 1.54) is 0 Å². The molecule has 1 unspecified atom stereocenters. The predicted molar refractivity (Wildman–Crippen MR) is 90.3 cm³/mol. The van der Waals surface area contributed by atoms with E-state index in [1.54, 1.807) is 0 Å². The van der Waals surface area contributed by atoms with Gasteiger partial charge >= 0.3 is 6.09 Å². The number of amides is 1. The zero-order valence-electron chi connectivity index (χ0n) is 14.2. The summed E-state index contributed by atoms with van der Waals surface area (Å²) in [5.41, 5.74) is 0.996. The van der Waals surface area contributed by atoms with Crippen molar-refractivity contribution in [3.05, 3.63) is 35.9 Å². The van der Waals surface area contributed by atoms with Crippen LogP contribution in [-0.2, 0) is 16.1 Å². The minimum Gasteiger partial charge on any atom is -0.445 e. The van der Waals surface area contributed by atoms with Crippen LogP contribution in [-0.4, -0.2) is 49.9 Å². The first-order chi connectivity index (χ1) is 11.2. The van der Waals surface area contributed by atoms with Gasteiger partial charge in [0.15, 0.2) is 0 Å². The van der Waals surface area contributed by atoms with Gasteiger partial charge in [-0.3, -0.25) is 4.90 Å². The van der Waals surface area contributed by atoms with Crippen LogP contribution in [0.1, 0.15) is 25.8 Å². The van der Waals surface area contributed by atoms with E-state index in [0.29, 0.717) is 12.5 Å². The first-order valence-corrected chi connectivity index (χ1v) is 8.46. The predicted octanol–water partition coefficient (Wildman–Crippen LogP) is 2.66. The molecule has 0 saturated carbocycles. The van der Waals surface area contributed by atoms with Crippen molar-refractivity contribution in [3.8, 4) is 0 Å². The molecule has 1 aliphatic heterocycles. The third-order valence-corrected chi connectivity index (χ3v) is 4.41. The van der Waals surface area contributed by atoms with E-state index in [0.717, 1.165) is 44.8 Å². The Bertz CT molecular complexity index is 461. The SMILES string of the molecule is CCC(C)[C@@H](CN1CCOCC1)NC(=O)OCc1ccccc1. The van der Waals surface area contributed by atoms with Crippen LogP contribution in [0.3, 0.4) is 0 Å². The van der Waals surface area contributed by atoms with Gasteiger partial charge in [0, 0.05) is 25.7 Å². The highest BCUT2D eigenvalue weighted by atomic mass is 16.5. The third kappa shape index (κ3) is 6.20. The topological polar surface area (TPSA) is 50.8 Å². The van der Waals surface area contributed by atoms with Crippen LogP contribution in [0.5, 0.6) is 0 Å². The van der Waals surface area contributed by atoms with Gasteiger partial charge in [0.1, 0.15) is 6.61 Å². The number of carbonyl (C=O) groups is 1. The largest absolute Gasteiger partial charge is 0.445 e. The lowest BCUT2D eigenvalue weighted by atomic mass is 9.98. The fraction of sp³-hybridized carbons (Fsp3) is 0.611.